The van der Waals surface area contributed by atoms with E-state index in [0.29, 0.717) is 6.42 Å². The SMILES string of the molecule is CC=CC=CC(=O)CCCCCCC. The first-order valence-corrected chi connectivity index (χ1v) is 5.63. The van der Waals surface area contributed by atoms with Crippen molar-refractivity contribution in [1.29, 1.82) is 0 Å². The van der Waals surface area contributed by atoms with E-state index in [9.17, 15) is 4.79 Å². The van der Waals surface area contributed by atoms with Crippen molar-refractivity contribution < 1.29 is 4.79 Å². The molecular weight excluding hydrogens is 172 g/mol. The fourth-order valence-corrected chi connectivity index (χ4v) is 1.26. The van der Waals surface area contributed by atoms with E-state index in [1.54, 1.807) is 6.08 Å². The van der Waals surface area contributed by atoms with Gasteiger partial charge in [-0.3, -0.25) is 4.79 Å². The zero-order valence-corrected chi connectivity index (χ0v) is 9.46. The summed E-state index contributed by atoms with van der Waals surface area (Å²) >= 11 is 0. The summed E-state index contributed by atoms with van der Waals surface area (Å²) in [5.41, 5.74) is 0. The standard InChI is InChI=1S/C13H22O/c1-3-5-7-8-10-12-13(14)11-9-6-4-2/h4,6,9,11H,3,5,7-8,10,12H2,1-2H3. The molecule has 0 bridgehead atoms. The van der Waals surface area contributed by atoms with Crippen LogP contribution in [0.15, 0.2) is 24.3 Å². The molecule has 80 valence electrons. The van der Waals surface area contributed by atoms with Crippen LogP contribution < -0.4 is 0 Å². The van der Waals surface area contributed by atoms with E-state index in [2.05, 4.69) is 6.92 Å². The number of allylic oxidation sites excluding steroid dienone is 4. The van der Waals surface area contributed by atoms with Crippen LogP contribution in [0.5, 0.6) is 0 Å². The molecule has 0 saturated carbocycles. The van der Waals surface area contributed by atoms with E-state index >= 15 is 0 Å². The van der Waals surface area contributed by atoms with Crippen LogP contribution in [-0.4, -0.2) is 5.78 Å². The lowest BCUT2D eigenvalue weighted by Crippen LogP contribution is -1.91. The maximum Gasteiger partial charge on any atom is 0.155 e. The molecule has 0 aromatic rings. The second-order valence-electron chi connectivity index (χ2n) is 3.52. The van der Waals surface area contributed by atoms with E-state index < -0.39 is 0 Å². The van der Waals surface area contributed by atoms with Gasteiger partial charge < -0.3 is 0 Å². The summed E-state index contributed by atoms with van der Waals surface area (Å²) < 4.78 is 0. The number of hydrogen-bond donors (Lipinski definition) is 0. The predicted molar refractivity (Wildman–Crippen MR) is 62.3 cm³/mol. The molecule has 0 rings (SSSR count). The lowest BCUT2D eigenvalue weighted by Gasteiger charge is -1.96. The first-order chi connectivity index (χ1) is 6.81. The van der Waals surface area contributed by atoms with Crippen molar-refractivity contribution in [3.05, 3.63) is 24.3 Å². The Labute approximate surface area is 87.9 Å². The fourth-order valence-electron chi connectivity index (χ4n) is 1.26. The Morgan fingerprint density at radius 2 is 1.79 bits per heavy atom. The Kier molecular flexibility index (Phi) is 9.61. The highest BCUT2D eigenvalue weighted by molar-refractivity contribution is 5.89. The number of hydrogen-bond acceptors (Lipinski definition) is 1. The van der Waals surface area contributed by atoms with Crippen molar-refractivity contribution in [3.63, 3.8) is 0 Å². The Morgan fingerprint density at radius 3 is 2.43 bits per heavy atom. The van der Waals surface area contributed by atoms with Gasteiger partial charge in [-0.1, -0.05) is 50.8 Å². The smallest absolute Gasteiger partial charge is 0.155 e. The highest BCUT2D eigenvalue weighted by Crippen LogP contribution is 2.05. The van der Waals surface area contributed by atoms with Gasteiger partial charge in [0.25, 0.3) is 0 Å². The second kappa shape index (κ2) is 10.2. The Morgan fingerprint density at radius 1 is 1.07 bits per heavy atom. The van der Waals surface area contributed by atoms with Gasteiger partial charge in [0, 0.05) is 6.42 Å². The number of unbranched alkanes of at least 4 members (excludes halogenated alkanes) is 4. The third-order valence-corrected chi connectivity index (χ3v) is 2.11. The van der Waals surface area contributed by atoms with Crippen molar-refractivity contribution in [3.8, 4) is 0 Å². The summed E-state index contributed by atoms with van der Waals surface area (Å²) in [4.78, 5) is 11.2. The van der Waals surface area contributed by atoms with Crippen molar-refractivity contribution in [2.45, 2.75) is 52.4 Å². The normalized spacial score (nSPS) is 11.6. The summed E-state index contributed by atoms with van der Waals surface area (Å²) in [5.74, 6) is 0.250. The number of rotatable bonds is 8. The number of carbonyl (C=O) groups is 1. The van der Waals surface area contributed by atoms with Gasteiger partial charge in [-0.05, 0) is 19.4 Å². The van der Waals surface area contributed by atoms with E-state index in [1.165, 1.54) is 25.7 Å². The van der Waals surface area contributed by atoms with Crippen LogP contribution in [0.4, 0.5) is 0 Å². The molecule has 0 amide bonds. The quantitative estimate of drug-likeness (QED) is 0.323. The molecule has 0 N–H and O–H groups in total. The summed E-state index contributed by atoms with van der Waals surface area (Å²) in [6, 6.07) is 0. The van der Waals surface area contributed by atoms with Crippen LogP contribution in [0.25, 0.3) is 0 Å². The van der Waals surface area contributed by atoms with Gasteiger partial charge >= 0.3 is 0 Å². The summed E-state index contributed by atoms with van der Waals surface area (Å²) in [6.07, 6.45) is 14.0. The zero-order valence-electron chi connectivity index (χ0n) is 9.46. The molecule has 0 saturated heterocycles. The van der Waals surface area contributed by atoms with Crippen LogP contribution in [0, 0.1) is 0 Å². The monoisotopic (exact) mass is 194 g/mol. The molecule has 0 aromatic carbocycles. The lowest BCUT2D eigenvalue weighted by atomic mass is 10.1. The summed E-state index contributed by atoms with van der Waals surface area (Å²) in [5, 5.41) is 0. The molecule has 0 radical (unpaired) electrons. The molecule has 0 fully saturated rings. The van der Waals surface area contributed by atoms with E-state index in [1.807, 2.05) is 25.2 Å². The minimum Gasteiger partial charge on any atom is -0.295 e. The molecule has 0 aliphatic heterocycles. The van der Waals surface area contributed by atoms with Gasteiger partial charge in [0.1, 0.15) is 0 Å². The summed E-state index contributed by atoms with van der Waals surface area (Å²) in [6.45, 7) is 4.14. The Bertz CT molecular complexity index is 189. The van der Waals surface area contributed by atoms with Gasteiger partial charge in [-0.15, -0.1) is 0 Å². The third kappa shape index (κ3) is 9.24. The minimum atomic E-state index is 0.250. The van der Waals surface area contributed by atoms with Gasteiger partial charge in [-0.25, -0.2) is 0 Å². The Balaban J connectivity index is 3.35. The van der Waals surface area contributed by atoms with Gasteiger partial charge in [0.2, 0.25) is 0 Å². The molecule has 0 aliphatic rings. The topological polar surface area (TPSA) is 17.1 Å². The molecule has 1 heteroatoms. The van der Waals surface area contributed by atoms with Crippen LogP contribution >= 0.6 is 0 Å². The van der Waals surface area contributed by atoms with Gasteiger partial charge in [0.15, 0.2) is 5.78 Å². The maximum absolute atomic E-state index is 11.2. The lowest BCUT2D eigenvalue weighted by molar-refractivity contribution is -0.114. The molecule has 0 heterocycles. The average molecular weight is 194 g/mol. The molecule has 0 spiro atoms. The molecular formula is C13H22O. The van der Waals surface area contributed by atoms with E-state index in [0.717, 1.165) is 6.42 Å². The van der Waals surface area contributed by atoms with E-state index in [-0.39, 0.29) is 5.78 Å². The number of carbonyl (C=O) groups excluding carboxylic acids is 1. The minimum absolute atomic E-state index is 0.250. The molecule has 0 unspecified atom stereocenters. The molecule has 1 nitrogen and oxygen atoms in total. The second-order valence-corrected chi connectivity index (χ2v) is 3.52. The fraction of sp³-hybridized carbons (Fsp3) is 0.615. The van der Waals surface area contributed by atoms with Crippen molar-refractivity contribution in [2.75, 3.05) is 0 Å². The van der Waals surface area contributed by atoms with Crippen molar-refractivity contribution in [1.82, 2.24) is 0 Å². The first-order valence-electron chi connectivity index (χ1n) is 5.63. The first kappa shape index (κ1) is 13.2. The van der Waals surface area contributed by atoms with Crippen LogP contribution in [0.2, 0.25) is 0 Å². The van der Waals surface area contributed by atoms with Crippen LogP contribution in [-0.2, 0) is 4.79 Å². The predicted octanol–water partition coefficient (Wildman–Crippen LogP) is 4.05. The third-order valence-electron chi connectivity index (χ3n) is 2.11. The zero-order chi connectivity index (χ0) is 10.6. The highest BCUT2D eigenvalue weighted by Gasteiger charge is 1.95. The Hall–Kier alpha value is -0.850. The summed E-state index contributed by atoms with van der Waals surface area (Å²) in [7, 11) is 0. The van der Waals surface area contributed by atoms with Crippen LogP contribution in [0.3, 0.4) is 0 Å². The molecule has 0 atom stereocenters. The van der Waals surface area contributed by atoms with Crippen LogP contribution in [0.1, 0.15) is 52.4 Å². The molecule has 0 aromatic heterocycles. The largest absolute Gasteiger partial charge is 0.295 e. The molecule has 0 aliphatic carbocycles. The van der Waals surface area contributed by atoms with Gasteiger partial charge in [-0.2, -0.15) is 0 Å². The van der Waals surface area contributed by atoms with E-state index in [4.69, 9.17) is 0 Å². The van der Waals surface area contributed by atoms with Gasteiger partial charge in [0.05, 0.1) is 0 Å². The highest BCUT2D eigenvalue weighted by atomic mass is 16.1. The number of ketones is 1. The maximum atomic E-state index is 11.2. The van der Waals surface area contributed by atoms with Crippen molar-refractivity contribution in [2.24, 2.45) is 0 Å². The molecule has 14 heavy (non-hydrogen) atoms. The average Bonchev–Trinajstić information content (AvgIpc) is 2.18. The van der Waals surface area contributed by atoms with Crippen molar-refractivity contribution >= 4 is 5.78 Å².